The Morgan fingerprint density at radius 2 is 1.85 bits per heavy atom. The van der Waals surface area contributed by atoms with E-state index in [0.29, 0.717) is 19.0 Å². The summed E-state index contributed by atoms with van der Waals surface area (Å²) in [5, 5.41) is 2.29. The first kappa shape index (κ1) is 17.4. The predicted octanol–water partition coefficient (Wildman–Crippen LogP) is 2.81. The fraction of sp³-hybridized carbons (Fsp3) is 0.300. The second-order valence-electron chi connectivity index (χ2n) is 6.40. The number of benzene rings is 2. The van der Waals surface area contributed by atoms with Gasteiger partial charge in [0.15, 0.2) is 0 Å². The highest BCUT2D eigenvalue weighted by atomic mass is 16.5. The van der Waals surface area contributed by atoms with Crippen LogP contribution >= 0.6 is 0 Å². The summed E-state index contributed by atoms with van der Waals surface area (Å²) in [7, 11) is 3.24. The van der Waals surface area contributed by atoms with Crippen molar-refractivity contribution < 1.29 is 14.2 Å². The van der Waals surface area contributed by atoms with E-state index in [1.165, 1.54) is 0 Å². The standard InChI is InChI=1S/C20H22N4O3/c1-25-16-6-5-13-9-15(4-3-14(13)10-16)17-12-24(7-8-27-17)18-11-19(26-2)23-20(21)22-18/h3-6,9-11,17H,7-8,12H2,1-2H3,(H2,21,22,23). The summed E-state index contributed by atoms with van der Waals surface area (Å²) in [5.74, 6) is 2.26. The van der Waals surface area contributed by atoms with Gasteiger partial charge >= 0.3 is 0 Å². The zero-order valence-corrected chi connectivity index (χ0v) is 15.4. The Hall–Kier alpha value is -3.06. The molecule has 0 aliphatic carbocycles. The summed E-state index contributed by atoms with van der Waals surface area (Å²) < 4.78 is 16.5. The third-order valence-corrected chi connectivity index (χ3v) is 4.75. The number of aromatic nitrogens is 2. The van der Waals surface area contributed by atoms with Gasteiger partial charge in [0.05, 0.1) is 20.8 Å². The number of nitrogens with two attached hydrogens (primary N) is 1. The van der Waals surface area contributed by atoms with Crippen LogP contribution in [0, 0.1) is 0 Å². The molecule has 2 heterocycles. The van der Waals surface area contributed by atoms with Crippen LogP contribution in [0.4, 0.5) is 11.8 Å². The molecule has 1 saturated heterocycles. The maximum absolute atomic E-state index is 6.02. The van der Waals surface area contributed by atoms with E-state index >= 15 is 0 Å². The Morgan fingerprint density at radius 3 is 2.67 bits per heavy atom. The van der Waals surface area contributed by atoms with E-state index in [1.807, 2.05) is 12.1 Å². The molecule has 2 N–H and O–H groups in total. The van der Waals surface area contributed by atoms with Gasteiger partial charge in [0.1, 0.15) is 17.7 Å². The van der Waals surface area contributed by atoms with Crippen LogP contribution in [0.1, 0.15) is 11.7 Å². The first-order chi connectivity index (χ1) is 13.2. The quantitative estimate of drug-likeness (QED) is 0.760. The molecule has 2 aromatic carbocycles. The number of methoxy groups -OCH3 is 2. The van der Waals surface area contributed by atoms with Gasteiger partial charge < -0.3 is 24.8 Å². The number of anilines is 2. The fourth-order valence-corrected chi connectivity index (χ4v) is 3.33. The molecule has 7 heteroatoms. The topological polar surface area (TPSA) is 82.7 Å². The number of rotatable bonds is 4. The van der Waals surface area contributed by atoms with E-state index in [-0.39, 0.29) is 12.1 Å². The smallest absolute Gasteiger partial charge is 0.225 e. The Balaban J connectivity index is 1.59. The number of nitrogens with zero attached hydrogens (tertiary/aromatic N) is 3. The normalized spacial score (nSPS) is 17.1. The molecule has 0 bridgehead atoms. The number of fused-ring (bicyclic) bond motifs is 1. The Labute approximate surface area is 157 Å². The van der Waals surface area contributed by atoms with Crippen molar-refractivity contribution in [2.75, 3.05) is 44.5 Å². The van der Waals surface area contributed by atoms with Gasteiger partial charge in [-0.3, -0.25) is 0 Å². The first-order valence-electron chi connectivity index (χ1n) is 8.79. The highest BCUT2D eigenvalue weighted by Gasteiger charge is 2.24. The van der Waals surface area contributed by atoms with Crippen LogP contribution in [-0.4, -0.2) is 43.9 Å². The third kappa shape index (κ3) is 3.59. The van der Waals surface area contributed by atoms with Crippen molar-refractivity contribution in [3.05, 3.63) is 48.0 Å². The highest BCUT2D eigenvalue weighted by Crippen LogP contribution is 2.30. The van der Waals surface area contributed by atoms with E-state index in [2.05, 4.69) is 39.1 Å². The SMILES string of the molecule is COc1ccc2cc(C3CN(c4cc(OC)nc(N)n4)CCO3)ccc2c1. The first-order valence-corrected chi connectivity index (χ1v) is 8.79. The Kier molecular flexibility index (Phi) is 4.68. The van der Waals surface area contributed by atoms with Crippen molar-refractivity contribution in [3.8, 4) is 11.6 Å². The zero-order chi connectivity index (χ0) is 18.8. The van der Waals surface area contributed by atoms with Crippen LogP contribution in [0.2, 0.25) is 0 Å². The van der Waals surface area contributed by atoms with Crippen LogP contribution in [-0.2, 0) is 4.74 Å². The van der Waals surface area contributed by atoms with Crippen molar-refractivity contribution >= 4 is 22.5 Å². The summed E-state index contributed by atoms with van der Waals surface area (Å²) in [4.78, 5) is 10.5. The van der Waals surface area contributed by atoms with Gasteiger partial charge in [0.25, 0.3) is 0 Å². The molecule has 0 radical (unpaired) electrons. The molecule has 140 valence electrons. The third-order valence-electron chi connectivity index (χ3n) is 4.75. The fourth-order valence-electron chi connectivity index (χ4n) is 3.33. The van der Waals surface area contributed by atoms with Crippen molar-refractivity contribution in [2.24, 2.45) is 0 Å². The summed E-state index contributed by atoms with van der Waals surface area (Å²) in [6.45, 7) is 2.03. The summed E-state index contributed by atoms with van der Waals surface area (Å²) in [6, 6.07) is 14.2. The molecule has 0 saturated carbocycles. The van der Waals surface area contributed by atoms with Crippen molar-refractivity contribution in [1.82, 2.24) is 9.97 Å². The van der Waals surface area contributed by atoms with Crippen LogP contribution in [0.5, 0.6) is 11.6 Å². The highest BCUT2D eigenvalue weighted by molar-refractivity contribution is 5.84. The van der Waals surface area contributed by atoms with Crippen molar-refractivity contribution in [3.63, 3.8) is 0 Å². The van der Waals surface area contributed by atoms with Crippen LogP contribution in [0.25, 0.3) is 10.8 Å². The van der Waals surface area contributed by atoms with Gasteiger partial charge in [-0.05, 0) is 34.5 Å². The zero-order valence-electron chi connectivity index (χ0n) is 15.4. The van der Waals surface area contributed by atoms with E-state index in [1.54, 1.807) is 20.3 Å². The number of nitrogen functional groups attached to an aromatic ring is 1. The second kappa shape index (κ2) is 7.28. The van der Waals surface area contributed by atoms with E-state index in [4.69, 9.17) is 19.9 Å². The molecule has 3 aromatic rings. The molecule has 27 heavy (non-hydrogen) atoms. The van der Waals surface area contributed by atoms with Gasteiger partial charge in [0.2, 0.25) is 11.8 Å². The number of morpholine rings is 1. The molecule has 1 aliphatic heterocycles. The van der Waals surface area contributed by atoms with Crippen molar-refractivity contribution in [1.29, 1.82) is 0 Å². The Bertz CT molecular complexity index is 963. The van der Waals surface area contributed by atoms with Crippen LogP contribution in [0.3, 0.4) is 0 Å². The van der Waals surface area contributed by atoms with E-state index in [9.17, 15) is 0 Å². The molecule has 0 amide bonds. The van der Waals surface area contributed by atoms with Gasteiger partial charge in [0, 0.05) is 19.2 Å². The minimum atomic E-state index is -0.0487. The minimum absolute atomic E-state index is 0.0487. The van der Waals surface area contributed by atoms with Gasteiger partial charge in [-0.25, -0.2) is 0 Å². The van der Waals surface area contributed by atoms with Gasteiger partial charge in [-0.2, -0.15) is 9.97 Å². The van der Waals surface area contributed by atoms with Crippen molar-refractivity contribution in [2.45, 2.75) is 6.10 Å². The molecule has 1 aromatic heterocycles. The largest absolute Gasteiger partial charge is 0.497 e. The lowest BCUT2D eigenvalue weighted by molar-refractivity contribution is 0.0396. The second-order valence-corrected chi connectivity index (χ2v) is 6.40. The molecule has 4 rings (SSSR count). The maximum Gasteiger partial charge on any atom is 0.225 e. The van der Waals surface area contributed by atoms with Crippen LogP contribution < -0.4 is 20.1 Å². The summed E-state index contributed by atoms with van der Waals surface area (Å²) in [6.07, 6.45) is -0.0487. The minimum Gasteiger partial charge on any atom is -0.497 e. The molecule has 0 spiro atoms. The molecular formula is C20H22N4O3. The van der Waals surface area contributed by atoms with E-state index < -0.39 is 0 Å². The van der Waals surface area contributed by atoms with E-state index in [0.717, 1.165) is 34.4 Å². The molecule has 1 unspecified atom stereocenters. The Morgan fingerprint density at radius 1 is 1.04 bits per heavy atom. The lowest BCUT2D eigenvalue weighted by atomic mass is 10.0. The molecule has 1 fully saturated rings. The lowest BCUT2D eigenvalue weighted by Gasteiger charge is -2.34. The molecular weight excluding hydrogens is 344 g/mol. The summed E-state index contributed by atoms with van der Waals surface area (Å²) in [5.41, 5.74) is 6.93. The van der Waals surface area contributed by atoms with Crippen LogP contribution in [0.15, 0.2) is 42.5 Å². The molecule has 1 aliphatic rings. The molecule has 1 atom stereocenters. The summed E-state index contributed by atoms with van der Waals surface area (Å²) >= 11 is 0. The van der Waals surface area contributed by atoms with Gasteiger partial charge in [-0.1, -0.05) is 18.2 Å². The van der Waals surface area contributed by atoms with Gasteiger partial charge in [-0.15, -0.1) is 0 Å². The predicted molar refractivity (Wildman–Crippen MR) is 104 cm³/mol. The average molecular weight is 366 g/mol. The number of hydrogen-bond acceptors (Lipinski definition) is 7. The monoisotopic (exact) mass is 366 g/mol. The number of ether oxygens (including phenoxy) is 3. The molecule has 7 nitrogen and oxygen atoms in total. The number of hydrogen-bond donors (Lipinski definition) is 1. The maximum atomic E-state index is 6.02. The average Bonchev–Trinajstić information content (AvgIpc) is 2.72. The lowest BCUT2D eigenvalue weighted by Crippen LogP contribution is -2.39.